The molecular weight excluding hydrogens is 544 g/mol. The lowest BCUT2D eigenvalue weighted by Gasteiger charge is -2.54. The van der Waals surface area contributed by atoms with Gasteiger partial charge in [-0.15, -0.1) is 0 Å². The van der Waals surface area contributed by atoms with Crippen LogP contribution in [0.2, 0.25) is 0 Å². The number of rotatable bonds is 10. The second-order valence-corrected chi connectivity index (χ2v) is 15.7. The highest BCUT2D eigenvalue weighted by Gasteiger charge is 2.44. The number of hydrogen-bond donors (Lipinski definition) is 1. The van der Waals surface area contributed by atoms with Gasteiger partial charge in [0.25, 0.3) is 0 Å². The Balaban J connectivity index is 1.31. The number of unbranched alkanes of at least 4 members (excludes halogenated alkanes) is 1. The molecule has 0 radical (unpaired) electrons. The fourth-order valence-corrected chi connectivity index (χ4v) is 10.0. The lowest BCUT2D eigenvalue weighted by Crippen LogP contribution is -2.37. The Bertz CT molecular complexity index is 1620. The van der Waals surface area contributed by atoms with E-state index in [0.29, 0.717) is 34.6 Å². The minimum absolute atomic E-state index is 0.0479. The number of fused-ring (bicyclic) bond motifs is 1. The second-order valence-electron chi connectivity index (χ2n) is 11.6. The third-order valence-corrected chi connectivity index (χ3v) is 13.1. The van der Waals surface area contributed by atoms with E-state index in [4.69, 9.17) is 9.15 Å². The summed E-state index contributed by atoms with van der Waals surface area (Å²) in [7, 11) is -1.52. The quantitative estimate of drug-likeness (QED) is 0.191. The number of amides is 1. The van der Waals surface area contributed by atoms with E-state index in [1.165, 1.54) is 10.5 Å². The summed E-state index contributed by atoms with van der Waals surface area (Å²) >= 11 is 0. The number of carbonyl (C=O) groups is 1. The van der Waals surface area contributed by atoms with E-state index in [0.717, 1.165) is 30.3 Å². The molecule has 2 unspecified atom stereocenters. The average molecular weight is 585 g/mol. The van der Waals surface area contributed by atoms with Crippen LogP contribution in [-0.4, -0.2) is 33.1 Å². The summed E-state index contributed by atoms with van der Waals surface area (Å²) in [5.41, 5.74) is 2.02. The number of oxazole rings is 1. The number of ether oxygens (including phenoxy) is 1. The number of hydrogen-bond acceptors (Lipinski definition) is 4. The Kier molecular flexibility index (Phi) is 9.07. The SMILES string of the molecule is CC(C)(C)S(COc1ccc2c(c1)oc(=O)n2C(=O)NCCCCc1ccccc1)(c1ccccc1)C1C=CC=CC1. The Morgan fingerprint density at radius 1 is 1.00 bits per heavy atom. The highest BCUT2D eigenvalue weighted by Crippen LogP contribution is 2.69. The van der Waals surface area contributed by atoms with Crippen LogP contribution in [0, 0.1) is 0 Å². The number of nitrogens with one attached hydrogen (secondary N) is 1. The van der Waals surface area contributed by atoms with Gasteiger partial charge in [0.1, 0.15) is 17.2 Å². The van der Waals surface area contributed by atoms with Crippen molar-refractivity contribution < 1.29 is 13.9 Å². The molecule has 0 fully saturated rings. The number of aryl methyl sites for hydroxylation is 1. The van der Waals surface area contributed by atoms with Crippen molar-refractivity contribution in [3.05, 3.63) is 119 Å². The third kappa shape index (κ3) is 6.26. The van der Waals surface area contributed by atoms with Crippen LogP contribution in [0.15, 0.2) is 117 Å². The summed E-state index contributed by atoms with van der Waals surface area (Å²) in [6.45, 7) is 7.38. The van der Waals surface area contributed by atoms with Gasteiger partial charge < -0.3 is 14.5 Å². The molecule has 5 rings (SSSR count). The summed E-state index contributed by atoms with van der Waals surface area (Å²) in [5.74, 6) is 0.419. The Morgan fingerprint density at radius 3 is 2.43 bits per heavy atom. The van der Waals surface area contributed by atoms with Crippen molar-refractivity contribution in [1.82, 2.24) is 9.88 Å². The van der Waals surface area contributed by atoms with Crippen LogP contribution < -0.4 is 15.8 Å². The lowest BCUT2D eigenvalue weighted by molar-refractivity contribution is 0.241. The van der Waals surface area contributed by atoms with E-state index in [1.54, 1.807) is 12.1 Å². The second kappa shape index (κ2) is 12.9. The smallest absolute Gasteiger partial charge is 0.428 e. The fraction of sp³-hybridized carbons (Fsp3) is 0.314. The normalized spacial score (nSPS) is 17.1. The van der Waals surface area contributed by atoms with Crippen LogP contribution in [0.5, 0.6) is 5.75 Å². The Morgan fingerprint density at radius 2 is 1.74 bits per heavy atom. The first-order chi connectivity index (χ1) is 20.3. The molecule has 220 valence electrons. The van der Waals surface area contributed by atoms with Gasteiger partial charge in [-0.2, -0.15) is 14.6 Å². The van der Waals surface area contributed by atoms with E-state index in [1.807, 2.05) is 24.3 Å². The molecule has 1 aromatic heterocycles. The van der Waals surface area contributed by atoms with Crippen molar-refractivity contribution in [2.24, 2.45) is 0 Å². The molecule has 42 heavy (non-hydrogen) atoms. The van der Waals surface area contributed by atoms with Gasteiger partial charge in [0.15, 0.2) is 5.58 Å². The van der Waals surface area contributed by atoms with Crippen LogP contribution in [0.3, 0.4) is 0 Å². The summed E-state index contributed by atoms with van der Waals surface area (Å²) < 4.78 is 13.1. The van der Waals surface area contributed by atoms with Gasteiger partial charge in [-0.25, -0.2) is 9.59 Å². The maximum atomic E-state index is 12.9. The fourth-order valence-electron chi connectivity index (χ4n) is 5.65. The summed E-state index contributed by atoms with van der Waals surface area (Å²) in [5, 5.41) is 3.18. The molecule has 6 nitrogen and oxygen atoms in total. The molecule has 0 spiro atoms. The van der Waals surface area contributed by atoms with Gasteiger partial charge in [0.05, 0.1) is 0 Å². The molecule has 1 aliphatic carbocycles. The van der Waals surface area contributed by atoms with Crippen molar-refractivity contribution in [2.45, 2.75) is 61.3 Å². The Labute approximate surface area is 249 Å². The summed E-state index contributed by atoms with van der Waals surface area (Å²) in [6.07, 6.45) is 12.5. The summed E-state index contributed by atoms with van der Waals surface area (Å²) in [4.78, 5) is 26.9. The van der Waals surface area contributed by atoms with Crippen LogP contribution in [0.1, 0.15) is 45.6 Å². The summed E-state index contributed by atoms with van der Waals surface area (Å²) in [6, 6.07) is 25.7. The zero-order valence-electron chi connectivity index (χ0n) is 24.6. The topological polar surface area (TPSA) is 73.5 Å². The minimum Gasteiger partial charge on any atom is -0.484 e. The van der Waals surface area contributed by atoms with Crippen LogP contribution in [0.25, 0.3) is 11.1 Å². The van der Waals surface area contributed by atoms with Crippen molar-refractivity contribution in [2.75, 3.05) is 12.5 Å². The highest BCUT2D eigenvalue weighted by molar-refractivity contribution is 8.35. The largest absolute Gasteiger partial charge is 0.484 e. The zero-order chi connectivity index (χ0) is 29.6. The number of carbonyl (C=O) groups excluding carboxylic acids is 1. The molecule has 1 heterocycles. The van der Waals surface area contributed by atoms with Gasteiger partial charge >= 0.3 is 11.8 Å². The van der Waals surface area contributed by atoms with Gasteiger partial charge in [0, 0.05) is 17.9 Å². The average Bonchev–Trinajstić information content (AvgIpc) is 3.33. The molecule has 3 aromatic carbocycles. The van der Waals surface area contributed by atoms with E-state index in [9.17, 15) is 9.59 Å². The highest BCUT2D eigenvalue weighted by atomic mass is 32.3. The van der Waals surface area contributed by atoms with Crippen molar-refractivity contribution in [3.63, 3.8) is 0 Å². The van der Waals surface area contributed by atoms with Crippen LogP contribution in [0.4, 0.5) is 4.79 Å². The molecule has 0 aliphatic heterocycles. The number of nitrogens with zero attached hydrogens (tertiary/aromatic N) is 1. The molecule has 1 aliphatic rings. The molecule has 1 N–H and O–H groups in total. The standard InChI is InChI=1S/C35H40N2O4S/c1-35(2,3)42(29-18-9-5-10-19-29,30-20-11-6-12-21-30)26-40-28-22-23-31-32(25-28)41-34(39)37(31)33(38)36-24-14-13-17-27-15-7-4-8-16-27/h4-12,15-16,18-20,22-23,25,30H,13-14,17,21,24,26H2,1-3H3,(H,36,38). The predicted octanol–water partition coefficient (Wildman–Crippen LogP) is 8.06. The maximum Gasteiger partial charge on any atom is 0.428 e. The molecule has 0 bridgehead atoms. The van der Waals surface area contributed by atoms with E-state index >= 15 is 0 Å². The van der Waals surface area contributed by atoms with E-state index < -0.39 is 21.8 Å². The minimum atomic E-state index is -1.52. The van der Waals surface area contributed by atoms with Crippen molar-refractivity contribution in [1.29, 1.82) is 0 Å². The van der Waals surface area contributed by atoms with Crippen LogP contribution in [-0.2, 0) is 6.42 Å². The van der Waals surface area contributed by atoms with Gasteiger partial charge in [-0.3, -0.25) is 0 Å². The number of benzene rings is 3. The lowest BCUT2D eigenvalue weighted by atomic mass is 10.1. The van der Waals surface area contributed by atoms with Crippen LogP contribution >= 0.6 is 10.0 Å². The van der Waals surface area contributed by atoms with E-state index in [-0.39, 0.29) is 4.75 Å². The molecular formula is C35H40N2O4S. The zero-order valence-corrected chi connectivity index (χ0v) is 25.4. The van der Waals surface area contributed by atoms with E-state index in [2.05, 4.69) is 92.9 Å². The van der Waals surface area contributed by atoms with Gasteiger partial charge in [-0.05, 0) is 65.2 Å². The molecule has 0 saturated carbocycles. The molecule has 4 aromatic rings. The molecule has 0 saturated heterocycles. The monoisotopic (exact) mass is 584 g/mol. The molecule has 7 heteroatoms. The van der Waals surface area contributed by atoms with Crippen molar-refractivity contribution in [3.8, 4) is 5.75 Å². The third-order valence-electron chi connectivity index (χ3n) is 7.89. The first kappa shape index (κ1) is 29.5. The molecule has 1 amide bonds. The first-order valence-electron chi connectivity index (χ1n) is 14.6. The number of allylic oxidation sites excluding steroid dienone is 3. The molecule has 2 atom stereocenters. The Hall–Kier alpha value is -3.97. The number of aromatic nitrogens is 1. The van der Waals surface area contributed by atoms with Crippen molar-refractivity contribution >= 4 is 27.2 Å². The maximum absolute atomic E-state index is 12.9. The predicted molar refractivity (Wildman–Crippen MR) is 173 cm³/mol. The first-order valence-corrected chi connectivity index (χ1v) is 16.4. The van der Waals surface area contributed by atoms with Gasteiger partial charge in [-0.1, -0.05) is 93.6 Å². The van der Waals surface area contributed by atoms with Gasteiger partial charge in [0.2, 0.25) is 0 Å².